The summed E-state index contributed by atoms with van der Waals surface area (Å²) in [5.41, 5.74) is 1.86. The highest BCUT2D eigenvalue weighted by atomic mass is 16.5. The summed E-state index contributed by atoms with van der Waals surface area (Å²) >= 11 is 0. The van der Waals surface area contributed by atoms with Gasteiger partial charge in [0.25, 0.3) is 0 Å². The second-order valence-electron chi connectivity index (χ2n) is 6.00. The summed E-state index contributed by atoms with van der Waals surface area (Å²) in [6, 6.07) is 5.71. The molecule has 1 aromatic carbocycles. The van der Waals surface area contributed by atoms with Gasteiger partial charge in [-0.3, -0.25) is 9.59 Å². The number of likely N-dealkylation sites (N-methyl/N-ethyl adjacent to an activating group) is 1. The fourth-order valence-corrected chi connectivity index (χ4v) is 3.26. The molecule has 0 radical (unpaired) electrons. The molecule has 2 aromatic rings. The van der Waals surface area contributed by atoms with Gasteiger partial charge in [-0.25, -0.2) is 0 Å². The number of hydrogen-bond donors (Lipinski definition) is 2. The van der Waals surface area contributed by atoms with Crippen LogP contribution in [-0.2, 0) is 16.0 Å². The van der Waals surface area contributed by atoms with Crippen LogP contribution in [0.25, 0.3) is 10.9 Å². The number of amides is 2. The first-order valence-corrected chi connectivity index (χ1v) is 8.41. The van der Waals surface area contributed by atoms with Crippen molar-refractivity contribution in [3.8, 4) is 5.75 Å². The number of aromatic amines is 1. The van der Waals surface area contributed by atoms with Gasteiger partial charge in [0.15, 0.2) is 0 Å². The van der Waals surface area contributed by atoms with Crippen LogP contribution in [0.3, 0.4) is 0 Å². The largest absolute Gasteiger partial charge is 0.493 e. The third kappa shape index (κ3) is 3.22. The van der Waals surface area contributed by atoms with Crippen LogP contribution in [-0.4, -0.2) is 47.4 Å². The van der Waals surface area contributed by atoms with Crippen LogP contribution in [0.2, 0.25) is 0 Å². The Kier molecular flexibility index (Phi) is 4.74. The van der Waals surface area contributed by atoms with Crippen molar-refractivity contribution in [2.45, 2.75) is 32.7 Å². The Morgan fingerprint density at radius 3 is 2.96 bits per heavy atom. The summed E-state index contributed by atoms with van der Waals surface area (Å²) in [6.45, 7) is 5.75. The van der Waals surface area contributed by atoms with Crippen LogP contribution in [0, 0.1) is 0 Å². The molecule has 1 atom stereocenters. The van der Waals surface area contributed by atoms with E-state index in [-0.39, 0.29) is 24.3 Å². The van der Waals surface area contributed by atoms with E-state index in [2.05, 4.69) is 10.3 Å². The lowest BCUT2D eigenvalue weighted by Gasteiger charge is -2.14. The molecule has 0 saturated carbocycles. The quantitative estimate of drug-likeness (QED) is 0.849. The summed E-state index contributed by atoms with van der Waals surface area (Å²) in [4.78, 5) is 29.1. The van der Waals surface area contributed by atoms with Gasteiger partial charge in [0, 0.05) is 36.6 Å². The molecule has 0 bridgehead atoms. The second-order valence-corrected chi connectivity index (χ2v) is 6.00. The zero-order chi connectivity index (χ0) is 17.1. The molecular weight excluding hydrogens is 306 g/mol. The molecule has 0 spiro atoms. The molecule has 6 heteroatoms. The molecule has 2 amide bonds. The molecule has 6 nitrogen and oxygen atoms in total. The Morgan fingerprint density at radius 1 is 1.42 bits per heavy atom. The van der Waals surface area contributed by atoms with E-state index in [1.54, 1.807) is 4.90 Å². The van der Waals surface area contributed by atoms with Gasteiger partial charge in [-0.05, 0) is 31.5 Å². The third-order valence-corrected chi connectivity index (χ3v) is 4.36. The molecule has 24 heavy (non-hydrogen) atoms. The van der Waals surface area contributed by atoms with Gasteiger partial charge < -0.3 is 19.9 Å². The Balaban J connectivity index is 1.71. The first-order chi connectivity index (χ1) is 11.6. The first kappa shape index (κ1) is 16.4. The summed E-state index contributed by atoms with van der Waals surface area (Å²) < 4.78 is 5.67. The van der Waals surface area contributed by atoms with Gasteiger partial charge in [0.2, 0.25) is 11.8 Å². The molecule has 1 saturated heterocycles. The summed E-state index contributed by atoms with van der Waals surface area (Å²) in [5, 5.41) is 3.92. The number of nitrogens with one attached hydrogen (secondary N) is 2. The zero-order valence-electron chi connectivity index (χ0n) is 14.1. The van der Waals surface area contributed by atoms with Crippen LogP contribution in [0.4, 0.5) is 0 Å². The second kappa shape index (κ2) is 6.95. The highest BCUT2D eigenvalue weighted by molar-refractivity contribution is 5.93. The number of rotatable bonds is 6. The van der Waals surface area contributed by atoms with Gasteiger partial charge in [-0.15, -0.1) is 0 Å². The smallest absolute Gasteiger partial charge is 0.224 e. The number of H-pyrrole nitrogens is 1. The Morgan fingerprint density at radius 2 is 2.25 bits per heavy atom. The van der Waals surface area contributed by atoms with Crippen molar-refractivity contribution in [2.24, 2.45) is 0 Å². The van der Waals surface area contributed by atoms with Crippen molar-refractivity contribution < 1.29 is 14.3 Å². The molecule has 1 unspecified atom stereocenters. The van der Waals surface area contributed by atoms with E-state index in [1.807, 2.05) is 38.2 Å². The SMILES string of the molecule is CCOc1cccc2[nH]cc(CC(=O)NC3CC(=O)N(CC)C3)c12. The Labute approximate surface area is 141 Å². The summed E-state index contributed by atoms with van der Waals surface area (Å²) in [5.74, 6) is 0.818. The zero-order valence-corrected chi connectivity index (χ0v) is 14.1. The molecule has 2 heterocycles. The molecule has 1 aliphatic rings. The monoisotopic (exact) mass is 329 g/mol. The minimum Gasteiger partial charge on any atom is -0.493 e. The molecule has 1 aliphatic heterocycles. The lowest BCUT2D eigenvalue weighted by molar-refractivity contribution is -0.127. The number of carbonyl (C=O) groups is 2. The van der Waals surface area contributed by atoms with Crippen molar-refractivity contribution in [3.63, 3.8) is 0 Å². The number of likely N-dealkylation sites (tertiary alicyclic amines) is 1. The van der Waals surface area contributed by atoms with E-state index in [0.29, 0.717) is 26.1 Å². The Hall–Kier alpha value is -2.50. The minimum absolute atomic E-state index is 0.0713. The molecule has 1 fully saturated rings. The molecule has 3 rings (SSSR count). The molecule has 0 aliphatic carbocycles. The van der Waals surface area contributed by atoms with Crippen LogP contribution in [0.1, 0.15) is 25.8 Å². The predicted molar refractivity (Wildman–Crippen MR) is 92.0 cm³/mol. The average molecular weight is 329 g/mol. The van der Waals surface area contributed by atoms with Crippen LogP contribution in [0.15, 0.2) is 24.4 Å². The van der Waals surface area contributed by atoms with E-state index in [9.17, 15) is 9.59 Å². The van der Waals surface area contributed by atoms with Crippen LogP contribution >= 0.6 is 0 Å². The van der Waals surface area contributed by atoms with Crippen LogP contribution < -0.4 is 10.1 Å². The molecule has 2 N–H and O–H groups in total. The normalized spacial score (nSPS) is 17.5. The predicted octanol–water partition coefficient (Wildman–Crippen LogP) is 1.85. The van der Waals surface area contributed by atoms with Crippen molar-refractivity contribution in [1.29, 1.82) is 0 Å². The van der Waals surface area contributed by atoms with Crippen LogP contribution in [0.5, 0.6) is 5.75 Å². The lowest BCUT2D eigenvalue weighted by Crippen LogP contribution is -2.37. The number of ether oxygens (including phenoxy) is 1. The number of nitrogens with zero attached hydrogens (tertiary/aromatic N) is 1. The van der Waals surface area contributed by atoms with E-state index in [4.69, 9.17) is 4.74 Å². The lowest BCUT2D eigenvalue weighted by atomic mass is 10.1. The maximum atomic E-state index is 12.4. The molecule has 128 valence electrons. The number of carbonyl (C=O) groups excluding carboxylic acids is 2. The highest BCUT2D eigenvalue weighted by Gasteiger charge is 2.29. The highest BCUT2D eigenvalue weighted by Crippen LogP contribution is 2.29. The minimum atomic E-state index is -0.0958. The van der Waals surface area contributed by atoms with Crippen molar-refractivity contribution in [3.05, 3.63) is 30.0 Å². The van der Waals surface area contributed by atoms with E-state index in [1.165, 1.54) is 0 Å². The summed E-state index contributed by atoms with van der Waals surface area (Å²) in [6.07, 6.45) is 2.50. The van der Waals surface area contributed by atoms with Gasteiger partial charge >= 0.3 is 0 Å². The van der Waals surface area contributed by atoms with E-state index >= 15 is 0 Å². The third-order valence-electron chi connectivity index (χ3n) is 4.36. The average Bonchev–Trinajstić information content (AvgIpc) is 3.12. The summed E-state index contributed by atoms with van der Waals surface area (Å²) in [7, 11) is 0. The first-order valence-electron chi connectivity index (χ1n) is 8.41. The van der Waals surface area contributed by atoms with E-state index < -0.39 is 0 Å². The van der Waals surface area contributed by atoms with Crippen molar-refractivity contribution in [2.75, 3.05) is 19.7 Å². The topological polar surface area (TPSA) is 74.4 Å². The van der Waals surface area contributed by atoms with Gasteiger partial charge in [-0.2, -0.15) is 0 Å². The van der Waals surface area contributed by atoms with E-state index in [0.717, 1.165) is 22.2 Å². The number of benzene rings is 1. The van der Waals surface area contributed by atoms with Gasteiger partial charge in [0.1, 0.15) is 5.75 Å². The maximum Gasteiger partial charge on any atom is 0.224 e. The Bertz CT molecular complexity index is 753. The van der Waals surface area contributed by atoms with Gasteiger partial charge in [0.05, 0.1) is 19.1 Å². The molecule has 1 aromatic heterocycles. The molecular formula is C18H23N3O3. The maximum absolute atomic E-state index is 12.4. The standard InChI is InChI=1S/C18H23N3O3/c1-3-21-11-13(9-17(21)23)20-16(22)8-12-10-19-14-6-5-7-15(18(12)14)24-4-2/h5-7,10,13,19H,3-4,8-9,11H2,1-2H3,(H,20,22). The fraction of sp³-hybridized carbons (Fsp3) is 0.444. The number of fused-ring (bicyclic) bond motifs is 1. The van der Waals surface area contributed by atoms with Crippen molar-refractivity contribution in [1.82, 2.24) is 15.2 Å². The van der Waals surface area contributed by atoms with Gasteiger partial charge in [-0.1, -0.05) is 6.07 Å². The fourth-order valence-electron chi connectivity index (χ4n) is 3.26. The number of hydrogen-bond acceptors (Lipinski definition) is 3. The number of aromatic nitrogens is 1. The van der Waals surface area contributed by atoms with Crippen molar-refractivity contribution >= 4 is 22.7 Å².